The van der Waals surface area contributed by atoms with E-state index in [9.17, 15) is 0 Å². The molecule has 1 heteroatoms. The van der Waals surface area contributed by atoms with E-state index >= 15 is 0 Å². The largest absolute Gasteiger partial charge is 0.309 e. The third kappa shape index (κ3) is 2.89. The van der Waals surface area contributed by atoms with E-state index in [1.807, 2.05) is 0 Å². The predicted octanol–water partition coefficient (Wildman–Crippen LogP) is 11.4. The highest BCUT2D eigenvalue weighted by molar-refractivity contribution is 6.12. The van der Waals surface area contributed by atoms with Gasteiger partial charge in [-0.25, -0.2) is 0 Å². The summed E-state index contributed by atoms with van der Waals surface area (Å²) in [6.45, 7) is 4.76. The van der Waals surface area contributed by atoms with Crippen molar-refractivity contribution in [2.45, 2.75) is 24.7 Å². The molecule has 0 amide bonds. The zero-order valence-corrected chi connectivity index (χ0v) is 26.4. The van der Waals surface area contributed by atoms with Crippen molar-refractivity contribution in [2.75, 3.05) is 0 Å². The van der Waals surface area contributed by atoms with Gasteiger partial charge in [-0.15, -0.1) is 0 Å². The maximum Gasteiger partial charge on any atom is 0.0726 e. The van der Waals surface area contributed by atoms with Gasteiger partial charge >= 0.3 is 0 Å². The van der Waals surface area contributed by atoms with Crippen molar-refractivity contribution < 1.29 is 0 Å². The van der Waals surface area contributed by atoms with Crippen LogP contribution >= 0.6 is 0 Å². The number of benzene rings is 7. The molecule has 0 bridgehead atoms. The van der Waals surface area contributed by atoms with Crippen molar-refractivity contribution in [3.8, 4) is 39.1 Å². The minimum absolute atomic E-state index is 0.0754. The number of para-hydroxylation sites is 1. The standard InChI is InChI=1S/C46H31N/c1-45(2)35-19-8-3-16-30(35)33-26-34-31-17-7-12-24-41(31)47(43(34)27-40(33)45)42-25-13-23-39-44(42)32-18-6-11-22-38(32)46(39)36-20-9-4-14-28(36)29-15-5-10-21-37(29)46/h3-27H,1-2H3. The van der Waals surface area contributed by atoms with Crippen LogP contribution in [0, 0.1) is 0 Å². The number of fused-ring (bicyclic) bond motifs is 16. The molecule has 0 aliphatic heterocycles. The minimum Gasteiger partial charge on any atom is -0.309 e. The maximum atomic E-state index is 2.56. The van der Waals surface area contributed by atoms with Gasteiger partial charge in [0, 0.05) is 21.8 Å². The highest BCUT2D eigenvalue weighted by atomic mass is 15.0. The van der Waals surface area contributed by atoms with Crippen LogP contribution in [0.1, 0.15) is 47.2 Å². The van der Waals surface area contributed by atoms with Crippen molar-refractivity contribution in [1.82, 2.24) is 4.57 Å². The van der Waals surface area contributed by atoms with Gasteiger partial charge in [0.2, 0.25) is 0 Å². The van der Waals surface area contributed by atoms with Gasteiger partial charge in [0.15, 0.2) is 0 Å². The summed E-state index contributed by atoms with van der Waals surface area (Å²) < 4.78 is 2.56. The molecule has 1 spiro atoms. The van der Waals surface area contributed by atoms with Crippen LogP contribution in [0.3, 0.4) is 0 Å². The van der Waals surface area contributed by atoms with Crippen LogP contribution < -0.4 is 0 Å². The van der Waals surface area contributed by atoms with Crippen LogP contribution in [0.15, 0.2) is 152 Å². The average Bonchev–Trinajstić information content (AvgIpc) is 3.78. The summed E-state index contributed by atoms with van der Waals surface area (Å²) in [4.78, 5) is 0. The van der Waals surface area contributed by atoms with Gasteiger partial charge in [-0.3, -0.25) is 0 Å². The molecule has 3 aliphatic rings. The lowest BCUT2D eigenvalue weighted by molar-refractivity contribution is 0.661. The molecular formula is C46H31N. The van der Waals surface area contributed by atoms with E-state index in [2.05, 4.69) is 170 Å². The number of aromatic nitrogens is 1. The highest BCUT2D eigenvalue weighted by Crippen LogP contribution is 2.63. The molecule has 0 saturated carbocycles. The van der Waals surface area contributed by atoms with E-state index in [4.69, 9.17) is 0 Å². The first-order chi connectivity index (χ1) is 23.1. The van der Waals surface area contributed by atoms with Gasteiger partial charge in [-0.05, 0) is 85.5 Å². The van der Waals surface area contributed by atoms with Gasteiger partial charge < -0.3 is 4.57 Å². The molecule has 11 rings (SSSR count). The van der Waals surface area contributed by atoms with Crippen molar-refractivity contribution in [1.29, 1.82) is 0 Å². The SMILES string of the molecule is CC1(C)c2ccccc2-c2cc3c4ccccc4n(-c4cccc5c4-c4ccccc4C54c5ccccc5-c5ccccc54)c3cc21. The molecule has 0 atom stereocenters. The summed E-state index contributed by atoms with van der Waals surface area (Å²) in [6, 6.07) is 57.2. The number of nitrogens with zero attached hydrogens (tertiary/aromatic N) is 1. The molecule has 0 N–H and O–H groups in total. The first-order valence-electron chi connectivity index (χ1n) is 16.7. The Hall–Kier alpha value is -5.66. The summed E-state index contributed by atoms with van der Waals surface area (Å²) in [6.07, 6.45) is 0. The minimum atomic E-state index is -0.362. The lowest BCUT2D eigenvalue weighted by Gasteiger charge is -2.30. The molecule has 0 saturated heterocycles. The fourth-order valence-corrected chi connectivity index (χ4v) is 9.73. The van der Waals surface area contributed by atoms with Crippen LogP contribution in [0.25, 0.3) is 60.9 Å². The van der Waals surface area contributed by atoms with Crippen LogP contribution in [0.2, 0.25) is 0 Å². The van der Waals surface area contributed by atoms with E-state index in [0.29, 0.717) is 0 Å². The van der Waals surface area contributed by atoms with Gasteiger partial charge in [0.05, 0.1) is 22.1 Å². The lowest BCUT2D eigenvalue weighted by atomic mass is 9.70. The normalized spacial score (nSPS) is 15.4. The Morgan fingerprint density at radius 2 is 0.915 bits per heavy atom. The average molecular weight is 598 g/mol. The second-order valence-corrected chi connectivity index (χ2v) is 14.0. The summed E-state index contributed by atoms with van der Waals surface area (Å²) >= 11 is 0. The topological polar surface area (TPSA) is 4.93 Å². The van der Waals surface area contributed by atoms with E-state index < -0.39 is 0 Å². The van der Waals surface area contributed by atoms with Crippen molar-refractivity contribution in [3.63, 3.8) is 0 Å². The molecule has 7 aromatic carbocycles. The van der Waals surface area contributed by atoms with E-state index in [1.54, 1.807) is 0 Å². The Morgan fingerprint density at radius 1 is 0.383 bits per heavy atom. The molecule has 0 unspecified atom stereocenters. The Labute approximate surface area is 274 Å². The van der Waals surface area contributed by atoms with Crippen molar-refractivity contribution in [3.05, 3.63) is 185 Å². The Balaban J connectivity index is 1.28. The first-order valence-corrected chi connectivity index (χ1v) is 16.7. The Bertz CT molecular complexity index is 2620. The zero-order chi connectivity index (χ0) is 31.1. The maximum absolute atomic E-state index is 2.56. The van der Waals surface area contributed by atoms with Crippen LogP contribution in [0.5, 0.6) is 0 Å². The third-order valence-electron chi connectivity index (χ3n) is 11.6. The fraction of sp³-hybridized carbons (Fsp3) is 0.0870. The van der Waals surface area contributed by atoms with Gasteiger partial charge in [-0.1, -0.05) is 141 Å². The Morgan fingerprint density at radius 3 is 1.62 bits per heavy atom. The van der Waals surface area contributed by atoms with Gasteiger partial charge in [0.1, 0.15) is 0 Å². The predicted molar refractivity (Wildman–Crippen MR) is 195 cm³/mol. The number of rotatable bonds is 1. The van der Waals surface area contributed by atoms with Crippen LogP contribution in [-0.4, -0.2) is 4.57 Å². The molecule has 0 radical (unpaired) electrons. The van der Waals surface area contributed by atoms with Crippen molar-refractivity contribution >= 4 is 21.8 Å². The monoisotopic (exact) mass is 597 g/mol. The zero-order valence-electron chi connectivity index (χ0n) is 26.4. The lowest BCUT2D eigenvalue weighted by Crippen LogP contribution is -2.25. The van der Waals surface area contributed by atoms with E-state index in [1.165, 1.54) is 94.3 Å². The van der Waals surface area contributed by atoms with Crippen LogP contribution in [0.4, 0.5) is 0 Å². The number of hydrogen-bond donors (Lipinski definition) is 0. The second-order valence-electron chi connectivity index (χ2n) is 14.0. The molecule has 1 aromatic heterocycles. The Kier molecular flexibility index (Phi) is 4.66. The second kappa shape index (κ2) is 8.57. The summed E-state index contributed by atoms with van der Waals surface area (Å²) in [5.41, 5.74) is 19.7. The van der Waals surface area contributed by atoms with Gasteiger partial charge in [-0.2, -0.15) is 0 Å². The molecule has 1 heterocycles. The van der Waals surface area contributed by atoms with Gasteiger partial charge in [0.25, 0.3) is 0 Å². The van der Waals surface area contributed by atoms with E-state index in [-0.39, 0.29) is 10.8 Å². The van der Waals surface area contributed by atoms with Crippen molar-refractivity contribution in [2.24, 2.45) is 0 Å². The summed E-state index contributed by atoms with van der Waals surface area (Å²) in [5, 5.41) is 2.60. The fourth-order valence-electron chi connectivity index (χ4n) is 9.73. The van der Waals surface area contributed by atoms with Crippen LogP contribution in [-0.2, 0) is 10.8 Å². The molecule has 220 valence electrons. The highest BCUT2D eigenvalue weighted by Gasteiger charge is 2.52. The molecule has 47 heavy (non-hydrogen) atoms. The quantitative estimate of drug-likeness (QED) is 0.177. The summed E-state index contributed by atoms with van der Waals surface area (Å²) in [7, 11) is 0. The molecule has 3 aliphatic carbocycles. The third-order valence-corrected chi connectivity index (χ3v) is 11.6. The first kappa shape index (κ1) is 25.5. The molecule has 8 aromatic rings. The molecule has 1 nitrogen and oxygen atoms in total. The summed E-state index contributed by atoms with van der Waals surface area (Å²) in [5.74, 6) is 0. The number of hydrogen-bond acceptors (Lipinski definition) is 0. The molecule has 0 fully saturated rings. The molecular weight excluding hydrogens is 567 g/mol. The van der Waals surface area contributed by atoms with E-state index in [0.717, 1.165) is 0 Å². The smallest absolute Gasteiger partial charge is 0.0726 e.